The third-order valence-corrected chi connectivity index (χ3v) is 5.75. The zero-order valence-electron chi connectivity index (χ0n) is 17.6. The molecule has 0 spiro atoms. The van der Waals surface area contributed by atoms with Gasteiger partial charge in [0.1, 0.15) is 22.9 Å². The van der Waals surface area contributed by atoms with Crippen molar-refractivity contribution in [1.82, 2.24) is 15.1 Å². The Morgan fingerprint density at radius 3 is 2.67 bits per heavy atom. The van der Waals surface area contributed by atoms with Crippen LogP contribution in [0.5, 0.6) is 11.5 Å². The highest BCUT2D eigenvalue weighted by Gasteiger charge is 2.42. The Labute approximate surface area is 176 Å². The minimum atomic E-state index is -0.370. The lowest BCUT2D eigenvalue weighted by Crippen LogP contribution is -2.30. The average molecular weight is 405 g/mol. The van der Waals surface area contributed by atoms with Crippen molar-refractivity contribution in [3.8, 4) is 22.8 Å². The molecule has 3 N–H and O–H groups in total. The zero-order chi connectivity index (χ0) is 21.4. The van der Waals surface area contributed by atoms with Crippen LogP contribution in [0.4, 0.5) is 0 Å². The van der Waals surface area contributed by atoms with E-state index in [2.05, 4.69) is 17.1 Å². The fourth-order valence-corrected chi connectivity index (χ4v) is 4.35. The Kier molecular flexibility index (Phi) is 5.24. The Balaban J connectivity index is 1.88. The number of aromatic amines is 1. The summed E-state index contributed by atoms with van der Waals surface area (Å²) in [4.78, 5) is 15.1. The van der Waals surface area contributed by atoms with Gasteiger partial charge in [-0.2, -0.15) is 5.10 Å². The molecule has 0 saturated carbocycles. The fourth-order valence-electron chi connectivity index (χ4n) is 4.35. The van der Waals surface area contributed by atoms with Crippen LogP contribution in [0, 0.1) is 13.8 Å². The number of aromatic hydroxyl groups is 2. The predicted molar refractivity (Wildman–Crippen MR) is 116 cm³/mol. The maximum atomic E-state index is 13.3. The molecular weight excluding hydrogens is 378 g/mol. The Hall–Kier alpha value is -3.28. The molecule has 2 heterocycles. The monoisotopic (exact) mass is 405 g/mol. The summed E-state index contributed by atoms with van der Waals surface area (Å²) < 4.78 is 0. The van der Waals surface area contributed by atoms with Crippen molar-refractivity contribution in [3.63, 3.8) is 0 Å². The van der Waals surface area contributed by atoms with Gasteiger partial charge in [-0.15, -0.1) is 0 Å². The first-order chi connectivity index (χ1) is 14.4. The van der Waals surface area contributed by atoms with E-state index >= 15 is 0 Å². The summed E-state index contributed by atoms with van der Waals surface area (Å²) in [5.41, 5.74) is 4.99. The molecule has 1 aliphatic heterocycles. The van der Waals surface area contributed by atoms with E-state index in [1.54, 1.807) is 18.2 Å². The Morgan fingerprint density at radius 1 is 1.13 bits per heavy atom. The van der Waals surface area contributed by atoms with Gasteiger partial charge in [0, 0.05) is 17.7 Å². The van der Waals surface area contributed by atoms with Crippen molar-refractivity contribution >= 4 is 5.91 Å². The number of amides is 1. The van der Waals surface area contributed by atoms with Crippen molar-refractivity contribution in [2.45, 2.75) is 46.1 Å². The lowest BCUT2D eigenvalue weighted by Gasteiger charge is -2.26. The number of benzene rings is 2. The number of carbonyl (C=O) groups is 1. The van der Waals surface area contributed by atoms with Gasteiger partial charge in [0.15, 0.2) is 0 Å². The van der Waals surface area contributed by atoms with E-state index in [0.29, 0.717) is 23.5 Å². The molecule has 0 radical (unpaired) electrons. The SMILES string of the molecule is CCCCCN1C(=O)c2[nH]nc(-c3cc(C)cc(C)c3O)c2C1c1cccc(O)c1. The summed E-state index contributed by atoms with van der Waals surface area (Å²) >= 11 is 0. The molecule has 6 heteroatoms. The number of rotatable bonds is 6. The van der Waals surface area contributed by atoms with Gasteiger partial charge in [-0.05, 0) is 55.2 Å². The van der Waals surface area contributed by atoms with Gasteiger partial charge in [-0.25, -0.2) is 0 Å². The number of phenolic OH excluding ortho intramolecular Hbond substituents is 2. The third-order valence-electron chi connectivity index (χ3n) is 5.75. The molecule has 1 unspecified atom stereocenters. The highest BCUT2D eigenvalue weighted by Crippen LogP contribution is 2.45. The van der Waals surface area contributed by atoms with E-state index in [1.165, 1.54) is 0 Å². The topological polar surface area (TPSA) is 89.5 Å². The molecule has 4 rings (SSSR count). The lowest BCUT2D eigenvalue weighted by molar-refractivity contribution is 0.0740. The maximum absolute atomic E-state index is 13.3. The maximum Gasteiger partial charge on any atom is 0.273 e. The number of fused-ring (bicyclic) bond motifs is 1. The van der Waals surface area contributed by atoms with Crippen molar-refractivity contribution in [2.75, 3.05) is 6.54 Å². The summed E-state index contributed by atoms with van der Waals surface area (Å²) in [5.74, 6) is 0.222. The van der Waals surface area contributed by atoms with Gasteiger partial charge in [0.05, 0.1) is 6.04 Å². The molecule has 1 atom stereocenters. The third kappa shape index (κ3) is 3.32. The molecule has 0 fully saturated rings. The number of phenols is 2. The van der Waals surface area contributed by atoms with E-state index in [0.717, 1.165) is 41.5 Å². The van der Waals surface area contributed by atoms with Crippen LogP contribution in [0.2, 0.25) is 0 Å². The van der Waals surface area contributed by atoms with Gasteiger partial charge in [0.2, 0.25) is 0 Å². The number of carbonyl (C=O) groups excluding carboxylic acids is 1. The highest BCUT2D eigenvalue weighted by atomic mass is 16.3. The van der Waals surface area contributed by atoms with Crippen LogP contribution in [-0.2, 0) is 0 Å². The number of nitrogens with one attached hydrogen (secondary N) is 1. The number of hydrogen-bond donors (Lipinski definition) is 3. The number of aromatic nitrogens is 2. The summed E-state index contributed by atoms with van der Waals surface area (Å²) in [5, 5.41) is 28.2. The molecule has 1 amide bonds. The van der Waals surface area contributed by atoms with Gasteiger partial charge in [-0.1, -0.05) is 38.0 Å². The summed E-state index contributed by atoms with van der Waals surface area (Å²) in [6, 6.07) is 10.4. The van der Waals surface area contributed by atoms with Crippen molar-refractivity contribution in [2.24, 2.45) is 0 Å². The molecule has 0 bridgehead atoms. The van der Waals surface area contributed by atoms with Crippen LogP contribution >= 0.6 is 0 Å². The van der Waals surface area contributed by atoms with Crippen LogP contribution in [0.1, 0.15) is 65.0 Å². The van der Waals surface area contributed by atoms with Crippen LogP contribution in [-0.4, -0.2) is 37.8 Å². The van der Waals surface area contributed by atoms with Gasteiger partial charge < -0.3 is 15.1 Å². The van der Waals surface area contributed by atoms with Crippen LogP contribution in [0.15, 0.2) is 36.4 Å². The van der Waals surface area contributed by atoms with Crippen molar-refractivity contribution in [3.05, 3.63) is 64.3 Å². The first kappa shape index (κ1) is 20.0. The molecule has 0 aliphatic carbocycles. The summed E-state index contributed by atoms with van der Waals surface area (Å²) in [6.07, 6.45) is 3.00. The predicted octanol–water partition coefficient (Wildman–Crippen LogP) is 4.84. The molecular formula is C24H27N3O3. The second kappa shape index (κ2) is 7.86. The minimum absolute atomic E-state index is 0.0999. The molecule has 30 heavy (non-hydrogen) atoms. The average Bonchev–Trinajstić information content (AvgIpc) is 3.24. The van der Waals surface area contributed by atoms with E-state index in [-0.39, 0.29) is 23.4 Å². The van der Waals surface area contributed by atoms with E-state index in [4.69, 9.17) is 0 Å². The van der Waals surface area contributed by atoms with E-state index < -0.39 is 0 Å². The second-order valence-corrected chi connectivity index (χ2v) is 8.04. The quantitative estimate of drug-likeness (QED) is 0.512. The van der Waals surface area contributed by atoms with Gasteiger partial charge in [-0.3, -0.25) is 9.89 Å². The summed E-state index contributed by atoms with van der Waals surface area (Å²) in [7, 11) is 0. The standard InChI is InChI=1S/C24H27N3O3/c1-4-5-6-10-27-22(16-8-7-9-17(28)13-16)19-20(25-26-21(19)24(27)30)18-12-14(2)11-15(3)23(18)29/h7-9,11-13,22,28-29H,4-6,10H2,1-3H3,(H,25,26). The Morgan fingerprint density at radius 2 is 1.93 bits per heavy atom. The van der Waals surface area contributed by atoms with Crippen LogP contribution in [0.25, 0.3) is 11.3 Å². The van der Waals surface area contributed by atoms with Gasteiger partial charge in [0.25, 0.3) is 5.91 Å². The number of nitrogens with zero attached hydrogens (tertiary/aromatic N) is 2. The molecule has 6 nitrogen and oxygen atoms in total. The van der Waals surface area contributed by atoms with Crippen molar-refractivity contribution < 1.29 is 15.0 Å². The molecule has 3 aromatic rings. The number of unbranched alkanes of at least 4 members (excludes halogenated alkanes) is 2. The highest BCUT2D eigenvalue weighted by molar-refractivity contribution is 6.00. The number of aryl methyl sites for hydroxylation is 2. The number of H-pyrrole nitrogens is 1. The smallest absolute Gasteiger partial charge is 0.273 e. The van der Waals surface area contributed by atoms with Gasteiger partial charge >= 0.3 is 0 Å². The first-order valence-electron chi connectivity index (χ1n) is 10.4. The fraction of sp³-hybridized carbons (Fsp3) is 0.333. The number of hydrogen-bond acceptors (Lipinski definition) is 4. The minimum Gasteiger partial charge on any atom is -0.508 e. The second-order valence-electron chi connectivity index (χ2n) is 8.04. The molecule has 1 aliphatic rings. The zero-order valence-corrected chi connectivity index (χ0v) is 17.6. The van der Waals surface area contributed by atoms with E-state index in [9.17, 15) is 15.0 Å². The van der Waals surface area contributed by atoms with Crippen LogP contribution < -0.4 is 0 Å². The van der Waals surface area contributed by atoms with Crippen LogP contribution in [0.3, 0.4) is 0 Å². The molecule has 2 aromatic carbocycles. The largest absolute Gasteiger partial charge is 0.508 e. The first-order valence-corrected chi connectivity index (χ1v) is 10.4. The Bertz CT molecular complexity index is 1100. The van der Waals surface area contributed by atoms with E-state index in [1.807, 2.05) is 36.9 Å². The summed E-state index contributed by atoms with van der Waals surface area (Å²) in [6.45, 7) is 6.57. The van der Waals surface area contributed by atoms with Crippen molar-refractivity contribution in [1.29, 1.82) is 0 Å². The normalized spacial score (nSPS) is 15.6. The molecule has 156 valence electrons. The molecule has 1 aromatic heterocycles. The molecule has 0 saturated heterocycles. The lowest BCUT2D eigenvalue weighted by atomic mass is 9.94.